The van der Waals surface area contributed by atoms with Crippen molar-refractivity contribution < 1.29 is 14.9 Å². The van der Waals surface area contributed by atoms with Crippen molar-refractivity contribution in [2.75, 3.05) is 6.61 Å². The third kappa shape index (κ3) is 2.66. The lowest BCUT2D eigenvalue weighted by Crippen LogP contribution is -2.26. The summed E-state index contributed by atoms with van der Waals surface area (Å²) in [5.74, 6) is 0.538. The molecular formula is C10H20O3. The SMILES string of the molecule is CCOC(O)[C@H]1C[C@@H](O)C[C@H]1CC. The third-order valence-electron chi connectivity index (χ3n) is 2.95. The topological polar surface area (TPSA) is 49.7 Å². The summed E-state index contributed by atoms with van der Waals surface area (Å²) in [7, 11) is 0. The monoisotopic (exact) mass is 188 g/mol. The van der Waals surface area contributed by atoms with Crippen LogP contribution in [0.25, 0.3) is 0 Å². The lowest BCUT2D eigenvalue weighted by atomic mass is 9.93. The van der Waals surface area contributed by atoms with Gasteiger partial charge in [-0.15, -0.1) is 0 Å². The molecule has 0 aromatic heterocycles. The molecule has 1 aliphatic rings. The number of hydrogen-bond acceptors (Lipinski definition) is 3. The molecule has 0 amide bonds. The van der Waals surface area contributed by atoms with Crippen LogP contribution in [0.4, 0.5) is 0 Å². The van der Waals surface area contributed by atoms with Crippen LogP contribution in [0.1, 0.15) is 33.1 Å². The van der Waals surface area contributed by atoms with Crippen LogP contribution in [-0.2, 0) is 4.74 Å². The Kier molecular flexibility index (Phi) is 4.16. The molecule has 13 heavy (non-hydrogen) atoms. The predicted octanol–water partition coefficient (Wildman–Crippen LogP) is 1.14. The largest absolute Gasteiger partial charge is 0.393 e. The normalized spacial score (nSPS) is 36.5. The average molecular weight is 188 g/mol. The van der Waals surface area contributed by atoms with Crippen molar-refractivity contribution in [3.63, 3.8) is 0 Å². The second-order valence-corrected chi connectivity index (χ2v) is 3.80. The Balaban J connectivity index is 2.46. The minimum Gasteiger partial charge on any atom is -0.393 e. The van der Waals surface area contributed by atoms with Crippen molar-refractivity contribution in [2.24, 2.45) is 11.8 Å². The summed E-state index contributed by atoms with van der Waals surface area (Å²) in [6.45, 7) is 4.49. The molecule has 4 atom stereocenters. The first-order valence-electron chi connectivity index (χ1n) is 5.16. The summed E-state index contributed by atoms with van der Waals surface area (Å²) in [5, 5.41) is 19.1. The van der Waals surface area contributed by atoms with Gasteiger partial charge >= 0.3 is 0 Å². The molecule has 0 radical (unpaired) electrons. The van der Waals surface area contributed by atoms with E-state index in [0.29, 0.717) is 18.9 Å². The van der Waals surface area contributed by atoms with E-state index in [9.17, 15) is 10.2 Å². The fourth-order valence-electron chi connectivity index (χ4n) is 2.24. The van der Waals surface area contributed by atoms with Gasteiger partial charge < -0.3 is 14.9 Å². The Labute approximate surface area is 79.7 Å². The fourth-order valence-corrected chi connectivity index (χ4v) is 2.24. The van der Waals surface area contributed by atoms with E-state index < -0.39 is 6.29 Å². The fraction of sp³-hybridized carbons (Fsp3) is 1.00. The molecule has 1 aliphatic carbocycles. The molecule has 0 spiro atoms. The molecular weight excluding hydrogens is 168 g/mol. The smallest absolute Gasteiger partial charge is 0.157 e. The predicted molar refractivity (Wildman–Crippen MR) is 50.1 cm³/mol. The highest BCUT2D eigenvalue weighted by Crippen LogP contribution is 2.36. The molecule has 0 bridgehead atoms. The van der Waals surface area contributed by atoms with Gasteiger partial charge in [-0.3, -0.25) is 0 Å². The second-order valence-electron chi connectivity index (χ2n) is 3.80. The molecule has 0 heterocycles. The maximum Gasteiger partial charge on any atom is 0.157 e. The van der Waals surface area contributed by atoms with E-state index in [1.165, 1.54) is 0 Å². The first-order chi connectivity index (χ1) is 6.19. The molecule has 1 saturated carbocycles. The molecule has 3 heteroatoms. The number of ether oxygens (including phenoxy) is 1. The van der Waals surface area contributed by atoms with Gasteiger partial charge in [0.25, 0.3) is 0 Å². The van der Waals surface area contributed by atoms with Crippen molar-refractivity contribution in [1.29, 1.82) is 0 Å². The Morgan fingerprint density at radius 2 is 2.08 bits per heavy atom. The molecule has 3 nitrogen and oxygen atoms in total. The highest BCUT2D eigenvalue weighted by atomic mass is 16.6. The maximum absolute atomic E-state index is 9.63. The van der Waals surface area contributed by atoms with Crippen molar-refractivity contribution in [1.82, 2.24) is 0 Å². The third-order valence-corrected chi connectivity index (χ3v) is 2.95. The van der Waals surface area contributed by atoms with Crippen LogP contribution in [0.3, 0.4) is 0 Å². The van der Waals surface area contributed by atoms with E-state index in [4.69, 9.17) is 4.74 Å². The van der Waals surface area contributed by atoms with E-state index in [1.807, 2.05) is 6.92 Å². The maximum atomic E-state index is 9.63. The van der Waals surface area contributed by atoms with Crippen molar-refractivity contribution >= 4 is 0 Å². The van der Waals surface area contributed by atoms with Crippen molar-refractivity contribution in [3.8, 4) is 0 Å². The van der Waals surface area contributed by atoms with Crippen LogP contribution in [-0.4, -0.2) is 29.2 Å². The van der Waals surface area contributed by atoms with Gasteiger partial charge in [0.15, 0.2) is 6.29 Å². The molecule has 1 rings (SSSR count). The second kappa shape index (κ2) is 4.94. The average Bonchev–Trinajstić information content (AvgIpc) is 2.47. The number of rotatable bonds is 4. The summed E-state index contributed by atoms with van der Waals surface area (Å²) < 4.78 is 5.15. The number of hydrogen-bond donors (Lipinski definition) is 2. The van der Waals surface area contributed by atoms with Gasteiger partial charge in [0.1, 0.15) is 0 Å². The van der Waals surface area contributed by atoms with Crippen LogP contribution in [0.2, 0.25) is 0 Å². The van der Waals surface area contributed by atoms with Gasteiger partial charge in [-0.05, 0) is 25.7 Å². The Hall–Kier alpha value is -0.120. The highest BCUT2D eigenvalue weighted by Gasteiger charge is 2.36. The van der Waals surface area contributed by atoms with E-state index in [0.717, 1.165) is 12.8 Å². The summed E-state index contributed by atoms with van der Waals surface area (Å²) in [6, 6.07) is 0. The standard InChI is InChI=1S/C10H20O3/c1-3-7-5-8(11)6-9(7)10(12)13-4-2/h7-12H,3-6H2,1-2H3/t7-,8+,9+,10?/m1/s1. The Morgan fingerprint density at radius 3 is 2.62 bits per heavy atom. The van der Waals surface area contributed by atoms with E-state index >= 15 is 0 Å². The van der Waals surface area contributed by atoms with Gasteiger partial charge in [-0.2, -0.15) is 0 Å². The molecule has 78 valence electrons. The van der Waals surface area contributed by atoms with Crippen molar-refractivity contribution in [2.45, 2.75) is 45.5 Å². The van der Waals surface area contributed by atoms with Crippen LogP contribution < -0.4 is 0 Å². The van der Waals surface area contributed by atoms with Crippen LogP contribution in [0.5, 0.6) is 0 Å². The number of aliphatic hydroxyl groups is 2. The van der Waals surface area contributed by atoms with Crippen LogP contribution >= 0.6 is 0 Å². The molecule has 0 aromatic carbocycles. The quantitative estimate of drug-likeness (QED) is 0.650. The van der Waals surface area contributed by atoms with E-state index in [1.54, 1.807) is 0 Å². The molecule has 1 fully saturated rings. The Morgan fingerprint density at radius 1 is 1.38 bits per heavy atom. The van der Waals surface area contributed by atoms with Gasteiger partial charge in [-0.25, -0.2) is 0 Å². The van der Waals surface area contributed by atoms with Crippen LogP contribution in [0.15, 0.2) is 0 Å². The molecule has 0 saturated heterocycles. The lowest BCUT2D eigenvalue weighted by Gasteiger charge is -2.23. The van der Waals surface area contributed by atoms with Crippen LogP contribution in [0, 0.1) is 11.8 Å². The summed E-state index contributed by atoms with van der Waals surface area (Å²) in [4.78, 5) is 0. The number of aliphatic hydroxyl groups excluding tert-OH is 2. The minimum absolute atomic E-state index is 0.125. The van der Waals surface area contributed by atoms with Gasteiger partial charge in [0.2, 0.25) is 0 Å². The highest BCUT2D eigenvalue weighted by molar-refractivity contribution is 4.83. The van der Waals surface area contributed by atoms with E-state index in [-0.39, 0.29) is 12.0 Å². The summed E-state index contributed by atoms with van der Waals surface area (Å²) in [6.07, 6.45) is 1.56. The zero-order valence-electron chi connectivity index (χ0n) is 8.44. The zero-order valence-corrected chi connectivity index (χ0v) is 8.44. The molecule has 2 N–H and O–H groups in total. The zero-order chi connectivity index (χ0) is 9.84. The summed E-state index contributed by atoms with van der Waals surface area (Å²) in [5.41, 5.74) is 0. The molecule has 0 aliphatic heterocycles. The first kappa shape index (κ1) is 11.0. The van der Waals surface area contributed by atoms with E-state index in [2.05, 4.69) is 6.92 Å². The van der Waals surface area contributed by atoms with Gasteiger partial charge in [0, 0.05) is 12.5 Å². The molecule has 1 unspecified atom stereocenters. The molecule has 0 aromatic rings. The van der Waals surface area contributed by atoms with Gasteiger partial charge in [0.05, 0.1) is 6.10 Å². The lowest BCUT2D eigenvalue weighted by molar-refractivity contribution is -0.139. The Bertz CT molecular complexity index is 149. The van der Waals surface area contributed by atoms with Crippen molar-refractivity contribution in [3.05, 3.63) is 0 Å². The van der Waals surface area contributed by atoms with Gasteiger partial charge in [-0.1, -0.05) is 13.3 Å². The summed E-state index contributed by atoms with van der Waals surface area (Å²) >= 11 is 0. The minimum atomic E-state index is -0.688. The first-order valence-corrected chi connectivity index (χ1v) is 5.16.